The fraction of sp³-hybridized carbons (Fsp3) is 0.588. The van der Waals surface area contributed by atoms with Gasteiger partial charge in [0.1, 0.15) is 12.6 Å². The Bertz CT molecular complexity index is 641. The number of hydrogen-bond acceptors (Lipinski definition) is 3. The smallest absolute Gasteiger partial charge is 0.410 e. The molecule has 0 aliphatic carbocycles. The number of hydrogen-bond donors (Lipinski definition) is 1. The van der Waals surface area contributed by atoms with Crippen molar-refractivity contribution in [3.8, 4) is 0 Å². The zero-order valence-electron chi connectivity index (χ0n) is 14.9. The van der Waals surface area contributed by atoms with E-state index in [1.165, 1.54) is 4.90 Å². The molecule has 0 bridgehead atoms. The van der Waals surface area contributed by atoms with Crippen LogP contribution in [-0.4, -0.2) is 45.3 Å². The first kappa shape index (κ1) is 20.7. The molecule has 0 aromatic heterocycles. The standard InChI is InChI=1S/C17H23F3N2O3S/c1-16(2,3)26(24)21-14(17(18,19)20)13-9-22(10-13)15(23)25-11-12-7-5-4-6-8-12/h4-8,13-14,21H,9-11H2,1-3H3. The maximum Gasteiger partial charge on any atom is 0.410 e. The van der Waals surface area contributed by atoms with Crippen LogP contribution in [0.5, 0.6) is 0 Å². The largest absolute Gasteiger partial charge is 0.445 e. The van der Waals surface area contributed by atoms with Crippen molar-refractivity contribution >= 4 is 17.1 Å². The first-order chi connectivity index (χ1) is 12.0. The van der Waals surface area contributed by atoms with Crippen LogP contribution >= 0.6 is 0 Å². The summed E-state index contributed by atoms with van der Waals surface area (Å²) in [5.41, 5.74) is 0.799. The van der Waals surface area contributed by atoms with Crippen molar-refractivity contribution in [2.24, 2.45) is 5.92 Å². The van der Waals surface area contributed by atoms with E-state index in [1.807, 2.05) is 6.07 Å². The third-order valence-electron chi connectivity index (χ3n) is 3.99. The van der Waals surface area contributed by atoms with Crippen molar-refractivity contribution in [2.75, 3.05) is 13.1 Å². The van der Waals surface area contributed by atoms with Crippen LogP contribution in [0.2, 0.25) is 0 Å². The summed E-state index contributed by atoms with van der Waals surface area (Å²) in [5, 5.41) is 0. The van der Waals surface area contributed by atoms with Gasteiger partial charge in [0.05, 0.1) is 15.7 Å². The van der Waals surface area contributed by atoms with Gasteiger partial charge in [0.25, 0.3) is 0 Å². The minimum absolute atomic E-state index is 0.0653. The molecule has 1 aliphatic heterocycles. The molecule has 1 aromatic carbocycles. The number of carbonyl (C=O) groups excluding carboxylic acids is 1. The molecule has 9 heteroatoms. The average molecular weight is 392 g/mol. The molecule has 0 spiro atoms. The Balaban J connectivity index is 1.88. The van der Waals surface area contributed by atoms with Crippen LogP contribution in [0.4, 0.5) is 18.0 Å². The van der Waals surface area contributed by atoms with Crippen LogP contribution in [0.15, 0.2) is 30.3 Å². The minimum Gasteiger partial charge on any atom is -0.445 e. The molecule has 1 fully saturated rings. The van der Waals surface area contributed by atoms with Crippen molar-refractivity contribution in [2.45, 2.75) is 44.3 Å². The fourth-order valence-corrected chi connectivity index (χ4v) is 3.32. The first-order valence-corrected chi connectivity index (χ1v) is 9.34. The van der Waals surface area contributed by atoms with Crippen LogP contribution in [0.25, 0.3) is 0 Å². The molecule has 1 aromatic rings. The van der Waals surface area contributed by atoms with Crippen LogP contribution in [0.1, 0.15) is 26.3 Å². The summed E-state index contributed by atoms with van der Waals surface area (Å²) in [6, 6.07) is 7.09. The van der Waals surface area contributed by atoms with Crippen LogP contribution in [-0.2, 0) is 22.3 Å². The van der Waals surface area contributed by atoms with Crippen LogP contribution in [0, 0.1) is 5.92 Å². The van der Waals surface area contributed by atoms with Crippen molar-refractivity contribution in [1.29, 1.82) is 0 Å². The lowest BCUT2D eigenvalue weighted by Gasteiger charge is -2.43. The van der Waals surface area contributed by atoms with Gasteiger partial charge in [-0.05, 0) is 26.3 Å². The van der Waals surface area contributed by atoms with E-state index in [0.29, 0.717) is 0 Å². The molecule has 1 aliphatic rings. The van der Waals surface area contributed by atoms with Gasteiger partial charge in [0, 0.05) is 19.0 Å². The van der Waals surface area contributed by atoms with Gasteiger partial charge in [-0.3, -0.25) is 0 Å². The number of halogens is 3. The monoisotopic (exact) mass is 392 g/mol. The predicted molar refractivity (Wildman–Crippen MR) is 92.6 cm³/mol. The van der Waals surface area contributed by atoms with E-state index in [4.69, 9.17) is 4.74 Å². The van der Waals surface area contributed by atoms with E-state index in [9.17, 15) is 22.2 Å². The molecule has 1 amide bonds. The lowest BCUT2D eigenvalue weighted by atomic mass is 9.92. The molecule has 2 atom stereocenters. The second kappa shape index (κ2) is 7.96. The number of nitrogens with one attached hydrogen (secondary N) is 1. The third-order valence-corrected chi connectivity index (χ3v) is 5.57. The van der Waals surface area contributed by atoms with Crippen LogP contribution in [0.3, 0.4) is 0 Å². The van der Waals surface area contributed by atoms with Gasteiger partial charge in [0.2, 0.25) is 0 Å². The van der Waals surface area contributed by atoms with Crippen molar-refractivity contribution < 1.29 is 26.9 Å². The van der Waals surface area contributed by atoms with E-state index in [2.05, 4.69) is 4.72 Å². The molecular formula is C17H23F3N2O3S. The molecule has 2 unspecified atom stereocenters. The van der Waals surface area contributed by atoms with E-state index >= 15 is 0 Å². The maximum absolute atomic E-state index is 13.3. The second-order valence-electron chi connectivity index (χ2n) is 7.22. The Kier molecular flexibility index (Phi) is 6.33. The first-order valence-electron chi connectivity index (χ1n) is 8.19. The Morgan fingerprint density at radius 3 is 2.35 bits per heavy atom. The van der Waals surface area contributed by atoms with Gasteiger partial charge >= 0.3 is 12.3 Å². The molecule has 1 heterocycles. The van der Waals surface area contributed by atoms with E-state index in [0.717, 1.165) is 5.56 Å². The lowest BCUT2D eigenvalue weighted by Crippen LogP contribution is -2.62. The molecule has 26 heavy (non-hydrogen) atoms. The Hall–Kier alpha value is -1.61. The second-order valence-corrected chi connectivity index (χ2v) is 9.22. The fourth-order valence-electron chi connectivity index (χ4n) is 2.41. The zero-order chi connectivity index (χ0) is 19.5. The SMILES string of the molecule is CC(C)(C)S(=O)NC(C1CN(C(=O)OCc2ccccc2)C1)C(F)(F)F. The molecule has 0 saturated carbocycles. The lowest BCUT2D eigenvalue weighted by molar-refractivity contribution is -0.173. The number of alkyl halides is 3. The molecule has 146 valence electrons. The van der Waals surface area contributed by atoms with Crippen molar-refractivity contribution in [3.63, 3.8) is 0 Å². The van der Waals surface area contributed by atoms with E-state index in [1.54, 1.807) is 45.0 Å². The zero-order valence-corrected chi connectivity index (χ0v) is 15.7. The topological polar surface area (TPSA) is 58.6 Å². The van der Waals surface area contributed by atoms with E-state index in [-0.39, 0.29) is 19.7 Å². The third kappa shape index (κ3) is 5.44. The molecule has 5 nitrogen and oxygen atoms in total. The Labute approximate surface area is 153 Å². The number of carbonyl (C=O) groups is 1. The Morgan fingerprint density at radius 1 is 1.27 bits per heavy atom. The quantitative estimate of drug-likeness (QED) is 0.837. The summed E-state index contributed by atoms with van der Waals surface area (Å²) in [5.74, 6) is -0.856. The number of benzene rings is 1. The average Bonchev–Trinajstić information content (AvgIpc) is 2.49. The summed E-state index contributed by atoms with van der Waals surface area (Å²) in [7, 11) is -1.86. The van der Waals surface area contributed by atoms with Gasteiger partial charge in [-0.15, -0.1) is 0 Å². The van der Waals surface area contributed by atoms with Gasteiger partial charge in [-0.2, -0.15) is 13.2 Å². The highest BCUT2D eigenvalue weighted by Crippen LogP contribution is 2.32. The van der Waals surface area contributed by atoms with Crippen LogP contribution < -0.4 is 4.72 Å². The summed E-state index contributed by atoms with van der Waals surface area (Å²) < 4.78 is 58.4. The highest BCUT2D eigenvalue weighted by molar-refractivity contribution is 7.84. The Morgan fingerprint density at radius 2 is 1.85 bits per heavy atom. The molecule has 1 N–H and O–H groups in total. The number of rotatable bonds is 5. The van der Waals surface area contributed by atoms with E-state index < -0.39 is 40.0 Å². The summed E-state index contributed by atoms with van der Waals surface area (Å²) in [4.78, 5) is 13.2. The highest BCUT2D eigenvalue weighted by Gasteiger charge is 2.51. The molecule has 1 saturated heterocycles. The van der Waals surface area contributed by atoms with Gasteiger partial charge in [-0.1, -0.05) is 30.3 Å². The number of amides is 1. The van der Waals surface area contributed by atoms with Crippen molar-refractivity contribution in [1.82, 2.24) is 9.62 Å². The van der Waals surface area contributed by atoms with Gasteiger partial charge < -0.3 is 9.64 Å². The summed E-state index contributed by atoms with van der Waals surface area (Å²) in [6.07, 6.45) is -5.20. The number of likely N-dealkylation sites (tertiary alicyclic amines) is 1. The molecular weight excluding hydrogens is 369 g/mol. The van der Waals surface area contributed by atoms with Crippen molar-refractivity contribution in [3.05, 3.63) is 35.9 Å². The molecule has 2 rings (SSSR count). The maximum atomic E-state index is 13.3. The van der Waals surface area contributed by atoms with Gasteiger partial charge in [0.15, 0.2) is 0 Å². The summed E-state index contributed by atoms with van der Waals surface area (Å²) >= 11 is 0. The molecule has 0 radical (unpaired) electrons. The normalized spacial score (nSPS) is 18.2. The number of nitrogens with zero attached hydrogens (tertiary/aromatic N) is 1. The predicted octanol–water partition coefficient (Wildman–Crippen LogP) is 3.24. The van der Waals surface area contributed by atoms with Gasteiger partial charge in [-0.25, -0.2) is 13.7 Å². The highest BCUT2D eigenvalue weighted by atomic mass is 32.2. The number of ether oxygens (including phenoxy) is 1. The summed E-state index contributed by atoms with van der Waals surface area (Å²) in [6.45, 7) is 4.67. The minimum atomic E-state index is -4.55.